The van der Waals surface area contributed by atoms with Crippen LogP contribution < -0.4 is 5.32 Å². The molecule has 0 aliphatic heterocycles. The molecule has 0 radical (unpaired) electrons. The van der Waals surface area contributed by atoms with E-state index in [1.54, 1.807) is 18.5 Å². The van der Waals surface area contributed by atoms with Gasteiger partial charge < -0.3 is 5.32 Å². The van der Waals surface area contributed by atoms with Crippen LogP contribution in [0.25, 0.3) is 10.8 Å². The van der Waals surface area contributed by atoms with Crippen LogP contribution in [0.1, 0.15) is 6.42 Å². The average Bonchev–Trinajstić information content (AvgIpc) is 2.30. The molecule has 1 N–H and O–H groups in total. The van der Waals surface area contributed by atoms with E-state index in [2.05, 4.69) is 10.3 Å². The van der Waals surface area contributed by atoms with Crippen molar-refractivity contribution in [2.24, 2.45) is 0 Å². The molecule has 0 saturated carbocycles. The number of carbonyl (C=O) groups is 1. The van der Waals surface area contributed by atoms with E-state index < -0.39 is 0 Å². The minimum Gasteiger partial charge on any atom is -0.325 e. The number of hydrogen-bond donors (Lipinski definition) is 1. The second-order valence-corrected chi connectivity index (χ2v) is 3.29. The molecule has 0 bridgehead atoms. The number of carbonyl (C=O) groups excluding carboxylic acids is 1. The Morgan fingerprint density at radius 3 is 3.12 bits per heavy atom. The zero-order valence-corrected chi connectivity index (χ0v) is 8.47. The number of aromatic nitrogens is 1. The number of rotatable bonds is 2. The standard InChI is InChI=1S/C12H9N3O/c13-6-4-12(16)15-11-3-1-2-9-5-7-14-8-10(9)11/h1-3,5,7-8H,4H2,(H,15,16). The Bertz CT molecular complexity index is 566. The second-order valence-electron chi connectivity index (χ2n) is 3.29. The molecule has 2 aromatic rings. The van der Waals surface area contributed by atoms with Crippen LogP contribution in [0, 0.1) is 11.3 Å². The summed E-state index contributed by atoms with van der Waals surface area (Å²) >= 11 is 0. The molecule has 0 saturated heterocycles. The third-order valence-electron chi connectivity index (χ3n) is 2.20. The Kier molecular flexibility index (Phi) is 2.79. The zero-order valence-electron chi connectivity index (χ0n) is 8.47. The van der Waals surface area contributed by atoms with E-state index in [4.69, 9.17) is 5.26 Å². The van der Waals surface area contributed by atoms with Crippen molar-refractivity contribution < 1.29 is 4.79 Å². The van der Waals surface area contributed by atoms with Crippen molar-refractivity contribution >= 4 is 22.4 Å². The predicted octanol–water partition coefficient (Wildman–Crippen LogP) is 2.09. The molecular weight excluding hydrogens is 202 g/mol. The van der Waals surface area contributed by atoms with Gasteiger partial charge >= 0.3 is 0 Å². The van der Waals surface area contributed by atoms with Crippen molar-refractivity contribution in [1.82, 2.24) is 4.98 Å². The maximum atomic E-state index is 11.3. The van der Waals surface area contributed by atoms with Crippen LogP contribution in [0.3, 0.4) is 0 Å². The van der Waals surface area contributed by atoms with Crippen molar-refractivity contribution in [3.05, 3.63) is 36.7 Å². The lowest BCUT2D eigenvalue weighted by atomic mass is 10.1. The highest BCUT2D eigenvalue weighted by atomic mass is 16.1. The fraction of sp³-hybridized carbons (Fsp3) is 0.0833. The topological polar surface area (TPSA) is 65.8 Å². The Balaban J connectivity index is 2.38. The summed E-state index contributed by atoms with van der Waals surface area (Å²) in [6.45, 7) is 0. The lowest BCUT2D eigenvalue weighted by Crippen LogP contribution is -2.10. The second kappa shape index (κ2) is 4.41. The summed E-state index contributed by atoms with van der Waals surface area (Å²) in [6.07, 6.45) is 3.25. The largest absolute Gasteiger partial charge is 0.325 e. The highest BCUT2D eigenvalue weighted by Crippen LogP contribution is 2.21. The quantitative estimate of drug-likeness (QED) is 0.827. The summed E-state index contributed by atoms with van der Waals surface area (Å²) in [7, 11) is 0. The van der Waals surface area contributed by atoms with E-state index >= 15 is 0 Å². The number of anilines is 1. The first kappa shape index (κ1) is 10.1. The fourth-order valence-electron chi connectivity index (χ4n) is 1.49. The van der Waals surface area contributed by atoms with Crippen LogP contribution in [0.2, 0.25) is 0 Å². The van der Waals surface area contributed by atoms with Gasteiger partial charge in [-0.1, -0.05) is 12.1 Å². The molecule has 1 aromatic heterocycles. The third kappa shape index (κ3) is 1.98. The summed E-state index contributed by atoms with van der Waals surface area (Å²) in [5.41, 5.74) is 0.686. The van der Waals surface area contributed by atoms with Gasteiger partial charge in [0.15, 0.2) is 0 Å². The summed E-state index contributed by atoms with van der Waals surface area (Å²) in [5, 5.41) is 13.0. The SMILES string of the molecule is N#CCC(=O)Nc1cccc2ccncc12. The molecule has 2 rings (SSSR count). The van der Waals surface area contributed by atoms with Gasteiger partial charge in [-0.15, -0.1) is 0 Å². The first-order valence-corrected chi connectivity index (χ1v) is 4.81. The van der Waals surface area contributed by atoms with Gasteiger partial charge in [0.1, 0.15) is 6.42 Å². The van der Waals surface area contributed by atoms with Gasteiger partial charge in [-0.05, 0) is 17.5 Å². The molecule has 0 aliphatic rings. The lowest BCUT2D eigenvalue weighted by Gasteiger charge is -2.06. The number of nitrogens with one attached hydrogen (secondary N) is 1. The monoisotopic (exact) mass is 211 g/mol. The summed E-state index contributed by atoms with van der Waals surface area (Å²) in [4.78, 5) is 15.3. The summed E-state index contributed by atoms with van der Waals surface area (Å²) in [6, 6.07) is 9.26. The Morgan fingerprint density at radius 2 is 2.31 bits per heavy atom. The molecule has 0 atom stereocenters. The summed E-state index contributed by atoms with van der Waals surface area (Å²) in [5.74, 6) is -0.307. The third-order valence-corrected chi connectivity index (χ3v) is 2.20. The van der Waals surface area contributed by atoms with E-state index in [1.807, 2.05) is 24.3 Å². The number of pyridine rings is 1. The fourth-order valence-corrected chi connectivity index (χ4v) is 1.49. The molecule has 0 fully saturated rings. The van der Waals surface area contributed by atoms with Crippen LogP contribution in [0.4, 0.5) is 5.69 Å². The minimum absolute atomic E-state index is 0.142. The molecule has 4 heteroatoms. The predicted molar refractivity (Wildman–Crippen MR) is 60.6 cm³/mol. The Labute approximate surface area is 92.5 Å². The number of amides is 1. The van der Waals surface area contributed by atoms with Crippen molar-refractivity contribution in [2.75, 3.05) is 5.32 Å². The molecule has 78 valence electrons. The van der Waals surface area contributed by atoms with E-state index in [1.165, 1.54) is 0 Å². The highest BCUT2D eigenvalue weighted by molar-refractivity contribution is 6.02. The van der Waals surface area contributed by atoms with Gasteiger partial charge in [0.2, 0.25) is 5.91 Å². The number of nitriles is 1. The molecule has 0 spiro atoms. The van der Waals surface area contributed by atoms with Gasteiger partial charge in [0.25, 0.3) is 0 Å². The van der Waals surface area contributed by atoms with Gasteiger partial charge in [0.05, 0.1) is 11.8 Å². The Morgan fingerprint density at radius 1 is 1.44 bits per heavy atom. The highest BCUT2D eigenvalue weighted by Gasteiger charge is 2.04. The van der Waals surface area contributed by atoms with Gasteiger partial charge in [-0.2, -0.15) is 5.26 Å². The van der Waals surface area contributed by atoms with Crippen molar-refractivity contribution in [1.29, 1.82) is 5.26 Å². The number of fused-ring (bicyclic) bond motifs is 1. The molecule has 1 amide bonds. The molecule has 16 heavy (non-hydrogen) atoms. The summed E-state index contributed by atoms with van der Waals surface area (Å²) < 4.78 is 0. The first-order chi connectivity index (χ1) is 7.81. The maximum Gasteiger partial charge on any atom is 0.238 e. The van der Waals surface area contributed by atoms with Crippen molar-refractivity contribution in [2.45, 2.75) is 6.42 Å². The normalized spacial score (nSPS) is 9.69. The number of hydrogen-bond acceptors (Lipinski definition) is 3. The zero-order chi connectivity index (χ0) is 11.4. The number of benzene rings is 1. The smallest absolute Gasteiger partial charge is 0.238 e. The van der Waals surface area contributed by atoms with E-state index in [-0.39, 0.29) is 12.3 Å². The van der Waals surface area contributed by atoms with Crippen LogP contribution in [-0.4, -0.2) is 10.9 Å². The Hall–Kier alpha value is -2.41. The molecule has 1 heterocycles. The van der Waals surface area contributed by atoms with Crippen molar-refractivity contribution in [3.8, 4) is 6.07 Å². The van der Waals surface area contributed by atoms with Crippen LogP contribution in [0.5, 0.6) is 0 Å². The lowest BCUT2D eigenvalue weighted by molar-refractivity contribution is -0.115. The van der Waals surface area contributed by atoms with Gasteiger partial charge in [-0.25, -0.2) is 0 Å². The van der Waals surface area contributed by atoms with Gasteiger partial charge in [-0.3, -0.25) is 9.78 Å². The van der Waals surface area contributed by atoms with Crippen LogP contribution in [0.15, 0.2) is 36.7 Å². The molecular formula is C12H9N3O. The van der Waals surface area contributed by atoms with Crippen LogP contribution in [-0.2, 0) is 4.79 Å². The van der Waals surface area contributed by atoms with E-state index in [9.17, 15) is 4.79 Å². The van der Waals surface area contributed by atoms with Gasteiger partial charge in [0, 0.05) is 17.8 Å². The van der Waals surface area contributed by atoms with Crippen LogP contribution >= 0.6 is 0 Å². The minimum atomic E-state index is -0.307. The molecule has 4 nitrogen and oxygen atoms in total. The van der Waals surface area contributed by atoms with E-state index in [0.717, 1.165) is 10.8 Å². The maximum absolute atomic E-state index is 11.3. The molecule has 0 aliphatic carbocycles. The van der Waals surface area contributed by atoms with E-state index in [0.29, 0.717) is 5.69 Å². The van der Waals surface area contributed by atoms with Crippen molar-refractivity contribution in [3.63, 3.8) is 0 Å². The molecule has 0 unspecified atom stereocenters. The first-order valence-electron chi connectivity index (χ1n) is 4.81. The average molecular weight is 211 g/mol. The molecule has 1 aromatic carbocycles. The number of nitrogens with zero attached hydrogens (tertiary/aromatic N) is 2.